The van der Waals surface area contributed by atoms with Crippen LogP contribution in [-0.2, 0) is 16.1 Å². The molecule has 2 aliphatic heterocycles. The number of anilines is 1. The molecule has 2 fully saturated rings. The van der Waals surface area contributed by atoms with Gasteiger partial charge in [0.15, 0.2) is 0 Å². The SMILES string of the molecule is COC(=O)c1ccnc(N2CCC3(CC2)C(=O)NC(=O)N3Cc2ccccc2)c1. The standard InChI is InChI=1S/C21H22N4O4/c1-29-18(26)16-7-10-22-17(13-16)24-11-8-21(9-12-24)19(27)23-20(28)25(21)14-15-5-3-2-4-6-15/h2-7,10,13H,8-9,11-12,14H2,1H3,(H,23,27,28). The average molecular weight is 394 g/mol. The Bertz CT molecular complexity index is 939. The smallest absolute Gasteiger partial charge is 0.338 e. The second-order valence-corrected chi connectivity index (χ2v) is 7.24. The summed E-state index contributed by atoms with van der Waals surface area (Å²) in [5.74, 6) is -0.00613. The van der Waals surface area contributed by atoms with Gasteiger partial charge < -0.3 is 14.5 Å². The quantitative estimate of drug-likeness (QED) is 0.630. The lowest BCUT2D eigenvalue weighted by Gasteiger charge is -2.42. The van der Waals surface area contributed by atoms with Crippen LogP contribution in [0.5, 0.6) is 0 Å². The molecule has 1 N–H and O–H groups in total. The number of imide groups is 1. The summed E-state index contributed by atoms with van der Waals surface area (Å²) in [7, 11) is 1.34. The Kier molecular flexibility index (Phi) is 4.92. The summed E-state index contributed by atoms with van der Waals surface area (Å²) >= 11 is 0. The fourth-order valence-corrected chi connectivity index (χ4v) is 4.03. The van der Waals surface area contributed by atoms with Crippen molar-refractivity contribution in [1.82, 2.24) is 15.2 Å². The van der Waals surface area contributed by atoms with E-state index in [1.807, 2.05) is 35.2 Å². The number of ether oxygens (including phenoxy) is 1. The molecule has 0 radical (unpaired) electrons. The Morgan fingerprint density at radius 3 is 2.59 bits per heavy atom. The predicted molar refractivity (Wildman–Crippen MR) is 105 cm³/mol. The zero-order valence-corrected chi connectivity index (χ0v) is 16.1. The van der Waals surface area contributed by atoms with Crippen LogP contribution in [0.4, 0.5) is 10.6 Å². The number of piperidine rings is 1. The number of amides is 3. The third-order valence-electron chi connectivity index (χ3n) is 5.67. The highest BCUT2D eigenvalue weighted by Gasteiger charge is 2.53. The summed E-state index contributed by atoms with van der Waals surface area (Å²) < 4.78 is 4.77. The van der Waals surface area contributed by atoms with Crippen molar-refractivity contribution in [3.63, 3.8) is 0 Å². The van der Waals surface area contributed by atoms with Crippen molar-refractivity contribution < 1.29 is 19.1 Å². The van der Waals surface area contributed by atoms with Gasteiger partial charge in [0, 0.05) is 25.8 Å². The molecule has 0 bridgehead atoms. The molecule has 0 saturated carbocycles. The maximum Gasteiger partial charge on any atom is 0.338 e. The Balaban J connectivity index is 1.53. The van der Waals surface area contributed by atoms with Crippen LogP contribution >= 0.6 is 0 Å². The Labute approximate surface area is 168 Å². The highest BCUT2D eigenvalue weighted by atomic mass is 16.5. The molecule has 3 heterocycles. The first-order valence-corrected chi connectivity index (χ1v) is 9.50. The van der Waals surface area contributed by atoms with Gasteiger partial charge in [-0.3, -0.25) is 10.1 Å². The first-order valence-electron chi connectivity index (χ1n) is 9.50. The molecule has 150 valence electrons. The van der Waals surface area contributed by atoms with E-state index in [0.29, 0.717) is 43.9 Å². The number of carbonyl (C=O) groups is 3. The van der Waals surface area contributed by atoms with Crippen molar-refractivity contribution in [2.75, 3.05) is 25.1 Å². The highest BCUT2D eigenvalue weighted by Crippen LogP contribution is 2.35. The van der Waals surface area contributed by atoms with Crippen LogP contribution in [0.1, 0.15) is 28.8 Å². The van der Waals surface area contributed by atoms with E-state index in [0.717, 1.165) is 5.56 Å². The van der Waals surface area contributed by atoms with E-state index in [1.165, 1.54) is 7.11 Å². The molecule has 1 aromatic heterocycles. The first-order chi connectivity index (χ1) is 14.0. The summed E-state index contributed by atoms with van der Waals surface area (Å²) in [5.41, 5.74) is 0.549. The zero-order valence-electron chi connectivity index (χ0n) is 16.1. The van der Waals surface area contributed by atoms with Crippen LogP contribution in [0, 0.1) is 0 Å². The molecule has 0 atom stereocenters. The summed E-state index contributed by atoms with van der Waals surface area (Å²) in [6, 6.07) is 12.6. The lowest BCUT2D eigenvalue weighted by Crippen LogP contribution is -2.56. The van der Waals surface area contributed by atoms with Crippen molar-refractivity contribution in [1.29, 1.82) is 0 Å². The van der Waals surface area contributed by atoms with Crippen LogP contribution in [-0.4, -0.2) is 53.5 Å². The number of methoxy groups -OCH3 is 1. The van der Waals surface area contributed by atoms with Gasteiger partial charge in [-0.2, -0.15) is 0 Å². The number of esters is 1. The van der Waals surface area contributed by atoms with Gasteiger partial charge in [-0.25, -0.2) is 14.6 Å². The predicted octanol–water partition coefficient (Wildman–Crippen LogP) is 1.96. The number of benzene rings is 1. The van der Waals surface area contributed by atoms with Gasteiger partial charge in [0.25, 0.3) is 5.91 Å². The monoisotopic (exact) mass is 394 g/mol. The molecule has 1 aromatic carbocycles. The number of nitrogens with zero attached hydrogens (tertiary/aromatic N) is 3. The van der Waals surface area contributed by atoms with Crippen LogP contribution in [0.2, 0.25) is 0 Å². The van der Waals surface area contributed by atoms with E-state index in [2.05, 4.69) is 10.3 Å². The molecule has 2 saturated heterocycles. The van der Waals surface area contributed by atoms with Crippen LogP contribution < -0.4 is 10.2 Å². The van der Waals surface area contributed by atoms with Crippen molar-refractivity contribution >= 4 is 23.7 Å². The van der Waals surface area contributed by atoms with Crippen LogP contribution in [0.15, 0.2) is 48.7 Å². The van der Waals surface area contributed by atoms with Gasteiger partial charge in [-0.1, -0.05) is 30.3 Å². The normalized spacial score (nSPS) is 18.1. The maximum absolute atomic E-state index is 12.7. The van der Waals surface area contributed by atoms with Gasteiger partial charge in [0.1, 0.15) is 11.4 Å². The van der Waals surface area contributed by atoms with E-state index in [4.69, 9.17) is 4.74 Å². The fourth-order valence-electron chi connectivity index (χ4n) is 4.03. The van der Waals surface area contributed by atoms with E-state index in [9.17, 15) is 14.4 Å². The molecule has 1 spiro atoms. The number of rotatable bonds is 4. The van der Waals surface area contributed by atoms with Gasteiger partial charge >= 0.3 is 12.0 Å². The number of carbonyl (C=O) groups excluding carboxylic acids is 3. The fraction of sp³-hybridized carbons (Fsp3) is 0.333. The molecule has 29 heavy (non-hydrogen) atoms. The minimum atomic E-state index is -0.858. The van der Waals surface area contributed by atoms with Gasteiger partial charge in [-0.15, -0.1) is 0 Å². The molecule has 8 nitrogen and oxygen atoms in total. The lowest BCUT2D eigenvalue weighted by molar-refractivity contribution is -0.127. The molecule has 2 aliphatic rings. The molecule has 8 heteroatoms. The summed E-state index contributed by atoms with van der Waals surface area (Å²) in [4.78, 5) is 45.0. The number of aromatic nitrogens is 1. The average Bonchev–Trinajstić information content (AvgIpc) is 2.98. The maximum atomic E-state index is 12.7. The van der Waals surface area contributed by atoms with E-state index in [1.54, 1.807) is 23.2 Å². The highest BCUT2D eigenvalue weighted by molar-refractivity contribution is 6.07. The molecule has 2 aromatic rings. The van der Waals surface area contributed by atoms with E-state index < -0.39 is 11.5 Å². The number of hydrogen-bond donors (Lipinski definition) is 1. The van der Waals surface area contributed by atoms with Crippen molar-refractivity contribution in [3.8, 4) is 0 Å². The summed E-state index contributed by atoms with van der Waals surface area (Å²) in [6.07, 6.45) is 2.54. The van der Waals surface area contributed by atoms with E-state index in [-0.39, 0.29) is 11.9 Å². The second-order valence-electron chi connectivity index (χ2n) is 7.24. The van der Waals surface area contributed by atoms with Crippen LogP contribution in [0.3, 0.4) is 0 Å². The van der Waals surface area contributed by atoms with Crippen molar-refractivity contribution in [3.05, 3.63) is 59.8 Å². The molecular formula is C21H22N4O4. The van der Waals surface area contributed by atoms with Gasteiger partial charge in [0.05, 0.1) is 12.7 Å². The molecular weight excluding hydrogens is 372 g/mol. The van der Waals surface area contributed by atoms with Crippen LogP contribution in [0.25, 0.3) is 0 Å². The third-order valence-corrected chi connectivity index (χ3v) is 5.67. The molecule has 3 amide bonds. The minimum absolute atomic E-state index is 0.241. The Morgan fingerprint density at radius 1 is 1.17 bits per heavy atom. The third kappa shape index (κ3) is 3.41. The molecule has 0 aliphatic carbocycles. The molecule has 0 unspecified atom stereocenters. The van der Waals surface area contributed by atoms with E-state index >= 15 is 0 Å². The largest absolute Gasteiger partial charge is 0.465 e. The van der Waals surface area contributed by atoms with Gasteiger partial charge in [-0.05, 0) is 30.5 Å². The number of urea groups is 1. The number of nitrogens with one attached hydrogen (secondary N) is 1. The molecule has 4 rings (SSSR count). The van der Waals surface area contributed by atoms with Crippen molar-refractivity contribution in [2.24, 2.45) is 0 Å². The first kappa shape index (κ1) is 18.9. The summed E-state index contributed by atoms with van der Waals surface area (Å²) in [5, 5.41) is 2.49. The van der Waals surface area contributed by atoms with Crippen molar-refractivity contribution in [2.45, 2.75) is 24.9 Å². The minimum Gasteiger partial charge on any atom is -0.465 e. The zero-order chi connectivity index (χ0) is 20.4. The topological polar surface area (TPSA) is 91.8 Å². The number of hydrogen-bond acceptors (Lipinski definition) is 6. The van der Waals surface area contributed by atoms with Gasteiger partial charge in [0.2, 0.25) is 0 Å². The lowest BCUT2D eigenvalue weighted by atomic mass is 9.85. The summed E-state index contributed by atoms with van der Waals surface area (Å²) in [6.45, 7) is 1.47. The second kappa shape index (κ2) is 7.54. The Hall–Kier alpha value is -3.42. The number of pyridine rings is 1. The Morgan fingerprint density at radius 2 is 1.90 bits per heavy atom.